The SMILES string of the molecule is CC/N=C/C=C\C=C\C=C\c1ccc(N(C)CCCN(C)C(=O)C(N)SSC(N)C(=O)N(C)CCCN(C)c2ccc(/C=C/c3cccc[n+]3CC)cc2)cc1. The quantitative estimate of drug-likeness (QED) is 0.0363. The molecular weight excluding hydrogens is 737 g/mol. The minimum absolute atomic E-state index is 0.192. The van der Waals surface area contributed by atoms with Crippen molar-refractivity contribution >= 4 is 69.2 Å². The summed E-state index contributed by atoms with van der Waals surface area (Å²) in [6.07, 6.45) is 21.6. The highest BCUT2D eigenvalue weighted by atomic mass is 33.1. The third kappa shape index (κ3) is 16.2. The van der Waals surface area contributed by atoms with Gasteiger partial charge in [-0.2, -0.15) is 4.57 Å². The van der Waals surface area contributed by atoms with Gasteiger partial charge in [-0.1, -0.05) is 76.2 Å². The number of nitrogens with zero attached hydrogens (tertiary/aromatic N) is 6. The first kappa shape index (κ1) is 45.8. The van der Waals surface area contributed by atoms with E-state index < -0.39 is 10.7 Å². The Hall–Kier alpha value is -4.62. The van der Waals surface area contributed by atoms with Crippen LogP contribution in [0.2, 0.25) is 0 Å². The predicted octanol–water partition coefficient (Wildman–Crippen LogP) is 6.60. The van der Waals surface area contributed by atoms with Crippen LogP contribution >= 0.6 is 21.6 Å². The van der Waals surface area contributed by atoms with Crippen LogP contribution in [0, 0.1) is 0 Å². The zero-order chi connectivity index (χ0) is 40.7. The van der Waals surface area contributed by atoms with Crippen LogP contribution in [0.1, 0.15) is 43.5 Å². The summed E-state index contributed by atoms with van der Waals surface area (Å²) in [6.45, 7) is 8.53. The van der Waals surface area contributed by atoms with E-state index in [1.165, 1.54) is 0 Å². The van der Waals surface area contributed by atoms with Gasteiger partial charge in [0.25, 0.3) is 0 Å². The number of pyridine rings is 1. The molecule has 2 amide bonds. The van der Waals surface area contributed by atoms with E-state index in [0.29, 0.717) is 13.1 Å². The molecule has 12 heteroatoms. The van der Waals surface area contributed by atoms with E-state index in [9.17, 15) is 9.59 Å². The third-order valence-corrected chi connectivity index (χ3v) is 11.5. The van der Waals surface area contributed by atoms with Crippen LogP contribution in [0.25, 0.3) is 18.2 Å². The average Bonchev–Trinajstić information content (AvgIpc) is 3.22. The zero-order valence-electron chi connectivity index (χ0n) is 33.9. The maximum atomic E-state index is 13.0. The van der Waals surface area contributed by atoms with Gasteiger partial charge < -0.3 is 31.1 Å². The molecule has 0 spiro atoms. The van der Waals surface area contributed by atoms with Crippen LogP contribution in [-0.2, 0) is 16.1 Å². The molecule has 4 N–H and O–H groups in total. The zero-order valence-corrected chi connectivity index (χ0v) is 35.5. The molecule has 3 rings (SSSR count). The van der Waals surface area contributed by atoms with Gasteiger partial charge in [-0.3, -0.25) is 14.6 Å². The molecule has 0 aliphatic rings. The minimum Gasteiger partial charge on any atom is -0.375 e. The van der Waals surface area contributed by atoms with Gasteiger partial charge in [0.1, 0.15) is 17.3 Å². The lowest BCUT2D eigenvalue weighted by atomic mass is 10.1. The van der Waals surface area contributed by atoms with Gasteiger partial charge in [-0.15, -0.1) is 0 Å². The van der Waals surface area contributed by atoms with Crippen molar-refractivity contribution in [2.45, 2.75) is 44.0 Å². The largest absolute Gasteiger partial charge is 0.375 e. The van der Waals surface area contributed by atoms with Crippen LogP contribution in [-0.4, -0.2) is 99.5 Å². The number of rotatable bonds is 23. The number of anilines is 2. The minimum atomic E-state index is -0.824. The van der Waals surface area contributed by atoms with E-state index in [1.807, 2.05) is 56.5 Å². The molecule has 0 bridgehead atoms. The Balaban J connectivity index is 1.32. The lowest BCUT2D eigenvalue weighted by Gasteiger charge is -2.25. The number of likely N-dealkylation sites (N-methyl/N-ethyl adjacent to an activating group) is 2. The second-order valence-corrected chi connectivity index (χ2v) is 15.9. The van der Waals surface area contributed by atoms with Crippen molar-refractivity contribution < 1.29 is 14.2 Å². The van der Waals surface area contributed by atoms with Gasteiger partial charge in [0, 0.05) is 96.7 Å². The average molecular weight is 798 g/mol. The second kappa shape index (κ2) is 25.5. The first-order chi connectivity index (χ1) is 27.0. The third-order valence-electron chi connectivity index (χ3n) is 9.01. The molecule has 0 saturated carbocycles. The summed E-state index contributed by atoms with van der Waals surface area (Å²) in [4.78, 5) is 37.7. The van der Waals surface area contributed by atoms with Crippen molar-refractivity contribution in [3.05, 3.63) is 120 Å². The Morgan fingerprint density at radius 1 is 0.661 bits per heavy atom. The highest BCUT2D eigenvalue weighted by molar-refractivity contribution is 8.77. The maximum Gasteiger partial charge on any atom is 0.250 e. The van der Waals surface area contributed by atoms with Crippen LogP contribution in [0.5, 0.6) is 0 Å². The number of aryl methyl sites for hydroxylation is 1. The van der Waals surface area contributed by atoms with Crippen molar-refractivity contribution in [2.75, 3.05) is 70.7 Å². The Labute approximate surface area is 343 Å². The first-order valence-corrected chi connectivity index (χ1v) is 21.4. The fraction of sp³-hybridized carbons (Fsp3) is 0.364. The molecule has 10 nitrogen and oxygen atoms in total. The van der Waals surface area contributed by atoms with Crippen molar-refractivity contribution in [3.8, 4) is 0 Å². The molecule has 0 aliphatic carbocycles. The molecule has 2 atom stereocenters. The van der Waals surface area contributed by atoms with Gasteiger partial charge in [0.2, 0.25) is 17.5 Å². The molecule has 2 aromatic carbocycles. The summed E-state index contributed by atoms with van der Waals surface area (Å²) in [5.74, 6) is -0.386. The summed E-state index contributed by atoms with van der Waals surface area (Å²) in [7, 11) is 9.88. The molecule has 300 valence electrons. The smallest absolute Gasteiger partial charge is 0.250 e. The van der Waals surface area contributed by atoms with Crippen LogP contribution < -0.4 is 25.8 Å². The lowest BCUT2D eigenvalue weighted by Crippen LogP contribution is -2.42. The number of allylic oxidation sites excluding steroid dienone is 5. The Morgan fingerprint density at radius 3 is 1.68 bits per heavy atom. The number of carbonyl (C=O) groups is 2. The Morgan fingerprint density at radius 2 is 1.16 bits per heavy atom. The van der Waals surface area contributed by atoms with Crippen molar-refractivity contribution in [3.63, 3.8) is 0 Å². The Bertz CT molecular complexity index is 1780. The standard InChI is InChI=1S/C44H61N8O2S2/c1-7-47-30-14-11-9-10-12-18-36-20-25-38(26-21-36)48(3)31-16-33-50(5)43(53)41(45)55-56-42(46)44(54)51(6)34-17-32-49(4)39-27-22-37(23-28-39)24-29-40-19-13-15-35-52(40)8-2/h9-15,18-30,35,41-42H,7-8,16-17,31-34,45-46H2,1-6H3/q+1/b10-9+,14-11-,18-12+,47-30+. The predicted molar refractivity (Wildman–Crippen MR) is 243 cm³/mol. The van der Waals surface area contributed by atoms with Gasteiger partial charge in [-0.25, -0.2) is 0 Å². The molecule has 56 heavy (non-hydrogen) atoms. The normalized spacial score (nSPS) is 13.0. The highest BCUT2D eigenvalue weighted by Gasteiger charge is 2.24. The highest BCUT2D eigenvalue weighted by Crippen LogP contribution is 2.28. The first-order valence-electron chi connectivity index (χ1n) is 19.2. The number of aromatic nitrogens is 1. The van der Waals surface area contributed by atoms with E-state index in [0.717, 1.165) is 88.8 Å². The molecule has 0 saturated heterocycles. The van der Waals surface area contributed by atoms with Crippen LogP contribution in [0.15, 0.2) is 108 Å². The van der Waals surface area contributed by atoms with Crippen LogP contribution in [0.3, 0.4) is 0 Å². The van der Waals surface area contributed by atoms with Crippen molar-refractivity contribution in [1.82, 2.24) is 9.80 Å². The molecule has 1 heterocycles. The van der Waals surface area contributed by atoms with E-state index in [4.69, 9.17) is 11.5 Å². The monoisotopic (exact) mass is 797 g/mol. The van der Waals surface area contributed by atoms with Crippen LogP contribution in [0.4, 0.5) is 11.4 Å². The second-order valence-electron chi connectivity index (χ2n) is 13.3. The van der Waals surface area contributed by atoms with Gasteiger partial charge in [0.05, 0.1) is 0 Å². The van der Waals surface area contributed by atoms with Gasteiger partial charge >= 0.3 is 0 Å². The number of benzene rings is 2. The topological polar surface area (TPSA) is 115 Å². The summed E-state index contributed by atoms with van der Waals surface area (Å²) in [6, 6.07) is 23.0. The summed E-state index contributed by atoms with van der Waals surface area (Å²) < 4.78 is 2.20. The number of amides is 2. The fourth-order valence-electron chi connectivity index (χ4n) is 5.57. The molecule has 3 aromatic rings. The van der Waals surface area contributed by atoms with Gasteiger partial charge in [-0.05, 0) is 80.3 Å². The molecule has 1 aromatic heterocycles. The van der Waals surface area contributed by atoms with Gasteiger partial charge in [0.15, 0.2) is 6.20 Å². The number of hydrogen-bond acceptors (Lipinski definition) is 9. The molecule has 0 radical (unpaired) electrons. The fourth-order valence-corrected chi connectivity index (χ4v) is 7.55. The summed E-state index contributed by atoms with van der Waals surface area (Å²) in [5.41, 5.74) is 18.1. The molecule has 2 unspecified atom stereocenters. The number of hydrogen-bond donors (Lipinski definition) is 2. The van der Waals surface area contributed by atoms with Crippen molar-refractivity contribution in [1.29, 1.82) is 0 Å². The molecule has 0 fully saturated rings. The number of carbonyl (C=O) groups excluding carboxylic acids is 2. The molecule has 0 aliphatic heterocycles. The number of aliphatic imine (C=N–C) groups is 1. The summed E-state index contributed by atoms with van der Waals surface area (Å²) >= 11 is 0. The Kier molecular flexibility index (Phi) is 20.9. The number of nitrogens with two attached hydrogens (primary N) is 2. The van der Waals surface area contributed by atoms with E-state index in [1.54, 1.807) is 30.1 Å². The lowest BCUT2D eigenvalue weighted by molar-refractivity contribution is -0.695. The van der Waals surface area contributed by atoms with E-state index in [-0.39, 0.29) is 11.8 Å². The molecular formula is C44H61N8O2S2+. The summed E-state index contributed by atoms with van der Waals surface area (Å²) in [5, 5.41) is -1.65. The van der Waals surface area contributed by atoms with Crippen molar-refractivity contribution in [2.24, 2.45) is 16.5 Å². The van der Waals surface area contributed by atoms with E-state index in [2.05, 4.69) is 112 Å². The van der Waals surface area contributed by atoms with E-state index >= 15 is 0 Å². The maximum absolute atomic E-state index is 13.0.